The number of methoxy groups -OCH3 is 1. The molecule has 0 spiro atoms. The fraction of sp³-hybridized carbons (Fsp3) is 0.348. The first-order chi connectivity index (χ1) is 15.1. The lowest BCUT2D eigenvalue weighted by molar-refractivity contribution is -0.130. The maximum absolute atomic E-state index is 13.1. The molecule has 0 aliphatic carbocycles. The first-order valence-electron chi connectivity index (χ1n) is 10.3. The Morgan fingerprint density at radius 2 is 1.94 bits per heavy atom. The third-order valence-corrected chi connectivity index (χ3v) is 6.16. The Kier molecular flexibility index (Phi) is 6.76. The van der Waals surface area contributed by atoms with Gasteiger partial charge < -0.3 is 14.5 Å². The van der Waals surface area contributed by atoms with Crippen LogP contribution < -0.4 is 9.64 Å². The van der Waals surface area contributed by atoms with Gasteiger partial charge in [0, 0.05) is 44.1 Å². The minimum atomic E-state index is -0.288. The molecule has 1 fully saturated rings. The summed E-state index contributed by atoms with van der Waals surface area (Å²) < 4.78 is 22.9. The standard InChI is InChI=1S/C23H25FN4O2S/c1-30-20-5-2-4-18(14-20)15-21-25-23(31-26-21)28-11-3-10-27(12-13-28)22(29)16-17-6-8-19(24)9-7-17/h2,4-9,14H,3,10-13,15-16H2,1H3. The number of amides is 1. The van der Waals surface area contributed by atoms with E-state index in [0.717, 1.165) is 47.3 Å². The van der Waals surface area contributed by atoms with Crippen LogP contribution in [0.15, 0.2) is 48.5 Å². The van der Waals surface area contributed by atoms with E-state index in [1.165, 1.54) is 23.7 Å². The van der Waals surface area contributed by atoms with Gasteiger partial charge in [0.25, 0.3) is 0 Å². The Hall–Kier alpha value is -3.00. The van der Waals surface area contributed by atoms with E-state index < -0.39 is 0 Å². The molecule has 1 saturated heterocycles. The maximum atomic E-state index is 13.1. The van der Waals surface area contributed by atoms with Crippen LogP contribution in [0.25, 0.3) is 0 Å². The third kappa shape index (κ3) is 5.58. The number of nitrogens with zero attached hydrogens (tertiary/aromatic N) is 4. The van der Waals surface area contributed by atoms with Gasteiger partial charge in [-0.15, -0.1) is 0 Å². The molecule has 0 bridgehead atoms. The summed E-state index contributed by atoms with van der Waals surface area (Å²) in [4.78, 5) is 21.5. The Labute approximate surface area is 185 Å². The van der Waals surface area contributed by atoms with Gasteiger partial charge in [-0.05, 0) is 41.8 Å². The van der Waals surface area contributed by atoms with E-state index in [4.69, 9.17) is 9.72 Å². The number of benzene rings is 2. The number of carbonyl (C=O) groups excluding carboxylic acids is 1. The van der Waals surface area contributed by atoms with Gasteiger partial charge in [0.05, 0.1) is 13.5 Å². The molecule has 1 amide bonds. The summed E-state index contributed by atoms with van der Waals surface area (Å²) in [5.74, 6) is 1.40. The van der Waals surface area contributed by atoms with Crippen molar-refractivity contribution in [1.29, 1.82) is 0 Å². The summed E-state index contributed by atoms with van der Waals surface area (Å²) in [6.07, 6.45) is 1.83. The number of anilines is 1. The average Bonchev–Trinajstić information content (AvgIpc) is 3.10. The van der Waals surface area contributed by atoms with Crippen molar-refractivity contribution in [1.82, 2.24) is 14.3 Å². The molecule has 1 aromatic heterocycles. The van der Waals surface area contributed by atoms with Crippen LogP contribution in [0.1, 0.15) is 23.4 Å². The SMILES string of the molecule is COc1cccc(Cc2nsc(N3CCCN(C(=O)Cc4ccc(F)cc4)CC3)n2)c1. The fourth-order valence-corrected chi connectivity index (χ4v) is 4.39. The van der Waals surface area contributed by atoms with Crippen LogP contribution in [0.4, 0.5) is 9.52 Å². The molecule has 162 valence electrons. The van der Waals surface area contributed by atoms with Gasteiger partial charge in [-0.25, -0.2) is 9.37 Å². The lowest BCUT2D eigenvalue weighted by atomic mass is 10.1. The predicted molar refractivity (Wildman–Crippen MR) is 119 cm³/mol. The summed E-state index contributed by atoms with van der Waals surface area (Å²) in [7, 11) is 1.66. The summed E-state index contributed by atoms with van der Waals surface area (Å²) in [5.41, 5.74) is 1.94. The maximum Gasteiger partial charge on any atom is 0.227 e. The summed E-state index contributed by atoms with van der Waals surface area (Å²) in [6.45, 7) is 2.92. The summed E-state index contributed by atoms with van der Waals surface area (Å²) >= 11 is 1.40. The van der Waals surface area contributed by atoms with Crippen LogP contribution in [0.3, 0.4) is 0 Å². The van der Waals surface area contributed by atoms with Crippen molar-refractivity contribution >= 4 is 22.6 Å². The van der Waals surface area contributed by atoms with Crippen molar-refractivity contribution < 1.29 is 13.9 Å². The highest BCUT2D eigenvalue weighted by atomic mass is 32.1. The van der Waals surface area contributed by atoms with Crippen LogP contribution in [-0.4, -0.2) is 53.5 Å². The second kappa shape index (κ2) is 9.87. The number of halogens is 1. The zero-order valence-electron chi connectivity index (χ0n) is 17.5. The fourth-order valence-electron chi connectivity index (χ4n) is 3.66. The van der Waals surface area contributed by atoms with Crippen molar-refractivity contribution in [3.63, 3.8) is 0 Å². The van der Waals surface area contributed by atoms with Gasteiger partial charge in [-0.1, -0.05) is 24.3 Å². The van der Waals surface area contributed by atoms with E-state index in [-0.39, 0.29) is 11.7 Å². The molecule has 0 atom stereocenters. The number of aromatic nitrogens is 2. The first-order valence-corrected chi connectivity index (χ1v) is 11.1. The monoisotopic (exact) mass is 440 g/mol. The molecule has 0 saturated carbocycles. The molecule has 6 nitrogen and oxygen atoms in total. The number of carbonyl (C=O) groups is 1. The van der Waals surface area contributed by atoms with E-state index in [1.54, 1.807) is 19.2 Å². The zero-order chi connectivity index (χ0) is 21.6. The van der Waals surface area contributed by atoms with E-state index in [1.807, 2.05) is 29.2 Å². The molecule has 2 heterocycles. The van der Waals surface area contributed by atoms with Crippen LogP contribution in [0.5, 0.6) is 5.75 Å². The van der Waals surface area contributed by atoms with E-state index >= 15 is 0 Å². The van der Waals surface area contributed by atoms with E-state index in [9.17, 15) is 9.18 Å². The number of hydrogen-bond acceptors (Lipinski definition) is 6. The van der Waals surface area contributed by atoms with Crippen molar-refractivity contribution in [2.24, 2.45) is 0 Å². The van der Waals surface area contributed by atoms with Crippen LogP contribution >= 0.6 is 11.5 Å². The van der Waals surface area contributed by atoms with Crippen LogP contribution in [0.2, 0.25) is 0 Å². The quantitative estimate of drug-likeness (QED) is 0.587. The molecule has 4 rings (SSSR count). The third-order valence-electron chi connectivity index (χ3n) is 5.34. The van der Waals surface area contributed by atoms with Gasteiger partial charge in [-0.3, -0.25) is 4.79 Å². The molecule has 2 aromatic carbocycles. The molecule has 0 radical (unpaired) electrons. The van der Waals surface area contributed by atoms with Crippen molar-refractivity contribution in [2.45, 2.75) is 19.3 Å². The summed E-state index contributed by atoms with van der Waals surface area (Å²) in [6, 6.07) is 14.1. The highest BCUT2D eigenvalue weighted by molar-refractivity contribution is 7.09. The van der Waals surface area contributed by atoms with Gasteiger partial charge in [0.15, 0.2) is 0 Å². The highest BCUT2D eigenvalue weighted by Crippen LogP contribution is 2.22. The number of rotatable bonds is 6. The van der Waals surface area contributed by atoms with Gasteiger partial charge in [-0.2, -0.15) is 4.37 Å². The number of hydrogen-bond donors (Lipinski definition) is 0. The summed E-state index contributed by atoms with van der Waals surface area (Å²) in [5, 5.41) is 0.894. The van der Waals surface area contributed by atoms with E-state index in [2.05, 4.69) is 9.27 Å². The normalized spacial score (nSPS) is 14.4. The Bertz CT molecular complexity index is 1020. The van der Waals surface area contributed by atoms with Gasteiger partial charge in [0.2, 0.25) is 11.0 Å². The highest BCUT2D eigenvalue weighted by Gasteiger charge is 2.21. The van der Waals surface area contributed by atoms with E-state index in [0.29, 0.717) is 25.9 Å². The molecular weight excluding hydrogens is 415 g/mol. The molecule has 3 aromatic rings. The lowest BCUT2D eigenvalue weighted by Crippen LogP contribution is -2.36. The molecule has 0 unspecified atom stereocenters. The van der Waals surface area contributed by atoms with Crippen molar-refractivity contribution in [2.75, 3.05) is 38.2 Å². The van der Waals surface area contributed by atoms with Gasteiger partial charge in [0.1, 0.15) is 17.4 Å². The average molecular weight is 441 g/mol. The number of ether oxygens (including phenoxy) is 1. The van der Waals surface area contributed by atoms with Crippen LogP contribution in [0, 0.1) is 5.82 Å². The minimum Gasteiger partial charge on any atom is -0.497 e. The Balaban J connectivity index is 1.34. The van der Waals surface area contributed by atoms with Crippen LogP contribution in [-0.2, 0) is 17.6 Å². The molecule has 8 heteroatoms. The molecule has 31 heavy (non-hydrogen) atoms. The lowest BCUT2D eigenvalue weighted by Gasteiger charge is -2.21. The molecule has 1 aliphatic heterocycles. The second-order valence-electron chi connectivity index (χ2n) is 7.55. The Morgan fingerprint density at radius 1 is 1.10 bits per heavy atom. The zero-order valence-corrected chi connectivity index (χ0v) is 18.3. The smallest absolute Gasteiger partial charge is 0.227 e. The Morgan fingerprint density at radius 3 is 2.74 bits per heavy atom. The second-order valence-corrected chi connectivity index (χ2v) is 8.28. The topological polar surface area (TPSA) is 58.6 Å². The first kappa shape index (κ1) is 21.2. The van der Waals surface area contributed by atoms with Crippen molar-refractivity contribution in [3.05, 3.63) is 71.3 Å². The van der Waals surface area contributed by atoms with Gasteiger partial charge >= 0.3 is 0 Å². The predicted octanol–water partition coefficient (Wildman–Crippen LogP) is 3.56. The van der Waals surface area contributed by atoms with Crippen molar-refractivity contribution in [3.8, 4) is 5.75 Å². The molecule has 0 N–H and O–H groups in total. The molecular formula is C23H25FN4O2S. The minimum absolute atomic E-state index is 0.0736. The molecule has 1 aliphatic rings. The largest absolute Gasteiger partial charge is 0.497 e.